The van der Waals surface area contributed by atoms with Crippen LogP contribution in [0.2, 0.25) is 0 Å². The standard InChI is InChI=1S/C12H12BrFN6/c1-2-5-20-12(16-17-18-20)7-19(8-15)9-3-4-11(14)10(13)6-9/h3-4,6H,2,5,7H2,1H3. The van der Waals surface area contributed by atoms with Gasteiger partial charge in [-0.3, -0.25) is 4.90 Å². The zero-order valence-electron chi connectivity index (χ0n) is 10.8. The van der Waals surface area contributed by atoms with Gasteiger partial charge in [0.1, 0.15) is 5.82 Å². The summed E-state index contributed by atoms with van der Waals surface area (Å²) in [5.41, 5.74) is 0.576. The summed E-state index contributed by atoms with van der Waals surface area (Å²) in [5.74, 6) is 0.219. The lowest BCUT2D eigenvalue weighted by Crippen LogP contribution is -2.19. The van der Waals surface area contributed by atoms with Gasteiger partial charge in [-0.15, -0.1) is 5.10 Å². The number of hydrogen-bond acceptors (Lipinski definition) is 5. The maximum absolute atomic E-state index is 13.2. The van der Waals surface area contributed by atoms with Crippen molar-refractivity contribution >= 4 is 21.6 Å². The van der Waals surface area contributed by atoms with E-state index in [-0.39, 0.29) is 12.4 Å². The van der Waals surface area contributed by atoms with Crippen LogP contribution in [0.4, 0.5) is 10.1 Å². The van der Waals surface area contributed by atoms with Crippen molar-refractivity contribution < 1.29 is 4.39 Å². The monoisotopic (exact) mass is 338 g/mol. The Hall–Kier alpha value is -2.01. The average molecular weight is 339 g/mol. The van der Waals surface area contributed by atoms with Crippen LogP contribution in [0.15, 0.2) is 22.7 Å². The molecule has 1 aromatic heterocycles. The summed E-state index contributed by atoms with van der Waals surface area (Å²) < 4.78 is 15.2. The second kappa shape index (κ2) is 6.43. The minimum atomic E-state index is -0.373. The first-order valence-corrected chi connectivity index (χ1v) is 6.82. The number of nitriles is 1. The molecule has 0 fully saturated rings. The number of rotatable bonds is 5. The Morgan fingerprint density at radius 3 is 2.95 bits per heavy atom. The minimum absolute atomic E-state index is 0.238. The van der Waals surface area contributed by atoms with Crippen LogP contribution in [0.1, 0.15) is 19.2 Å². The van der Waals surface area contributed by atoms with E-state index >= 15 is 0 Å². The highest BCUT2D eigenvalue weighted by molar-refractivity contribution is 9.10. The summed E-state index contributed by atoms with van der Waals surface area (Å²) in [4.78, 5) is 1.40. The van der Waals surface area contributed by atoms with Crippen molar-refractivity contribution in [3.8, 4) is 6.19 Å². The Morgan fingerprint density at radius 2 is 2.30 bits per heavy atom. The second-order valence-electron chi connectivity index (χ2n) is 4.10. The van der Waals surface area contributed by atoms with Crippen molar-refractivity contribution in [2.45, 2.75) is 26.4 Å². The molecule has 0 atom stereocenters. The molecule has 8 heteroatoms. The van der Waals surface area contributed by atoms with Crippen LogP contribution >= 0.6 is 15.9 Å². The maximum Gasteiger partial charge on any atom is 0.184 e. The molecule has 1 aromatic carbocycles. The van der Waals surface area contributed by atoms with Gasteiger partial charge in [-0.2, -0.15) is 5.26 Å². The van der Waals surface area contributed by atoms with Crippen molar-refractivity contribution in [2.24, 2.45) is 0 Å². The Kier molecular flexibility index (Phi) is 4.63. The number of tetrazole rings is 1. The first kappa shape index (κ1) is 14.4. The molecule has 104 valence electrons. The first-order chi connectivity index (χ1) is 9.65. The van der Waals surface area contributed by atoms with Gasteiger partial charge < -0.3 is 0 Å². The highest BCUT2D eigenvalue weighted by Gasteiger charge is 2.13. The highest BCUT2D eigenvalue weighted by atomic mass is 79.9. The zero-order chi connectivity index (χ0) is 14.5. The molecule has 1 heterocycles. The summed E-state index contributed by atoms with van der Waals surface area (Å²) in [7, 11) is 0. The van der Waals surface area contributed by atoms with Crippen LogP contribution in [0, 0.1) is 17.3 Å². The third-order valence-electron chi connectivity index (χ3n) is 2.68. The fourth-order valence-corrected chi connectivity index (χ4v) is 2.07. The summed E-state index contributed by atoms with van der Waals surface area (Å²) in [6, 6.07) is 4.39. The fraction of sp³-hybridized carbons (Fsp3) is 0.333. The normalized spacial score (nSPS) is 10.3. The number of aromatic nitrogens is 4. The topological polar surface area (TPSA) is 70.6 Å². The molecule has 20 heavy (non-hydrogen) atoms. The number of benzene rings is 1. The quantitative estimate of drug-likeness (QED) is 0.618. The average Bonchev–Trinajstić information content (AvgIpc) is 2.87. The van der Waals surface area contributed by atoms with E-state index in [9.17, 15) is 9.65 Å². The highest BCUT2D eigenvalue weighted by Crippen LogP contribution is 2.23. The van der Waals surface area contributed by atoms with Crippen LogP contribution in [0.5, 0.6) is 0 Å². The largest absolute Gasteiger partial charge is 0.272 e. The number of anilines is 1. The van der Waals surface area contributed by atoms with Gasteiger partial charge >= 0.3 is 0 Å². The molecule has 6 nitrogen and oxygen atoms in total. The molecule has 0 N–H and O–H groups in total. The summed E-state index contributed by atoms with van der Waals surface area (Å²) in [6.45, 7) is 2.95. The molecule has 2 aromatic rings. The Bertz CT molecular complexity index is 635. The van der Waals surface area contributed by atoms with Crippen LogP contribution in [0.25, 0.3) is 0 Å². The van der Waals surface area contributed by atoms with E-state index in [0.717, 1.165) is 6.42 Å². The van der Waals surface area contributed by atoms with Crippen molar-refractivity contribution in [2.75, 3.05) is 4.90 Å². The number of halogens is 2. The van der Waals surface area contributed by atoms with E-state index in [4.69, 9.17) is 0 Å². The third kappa shape index (κ3) is 3.11. The minimum Gasteiger partial charge on any atom is -0.272 e. The van der Waals surface area contributed by atoms with Gasteiger partial charge in [0, 0.05) is 6.54 Å². The van der Waals surface area contributed by atoms with Crippen LogP contribution in [0.3, 0.4) is 0 Å². The molecular formula is C12H12BrFN6. The lowest BCUT2D eigenvalue weighted by molar-refractivity contribution is 0.554. The maximum atomic E-state index is 13.2. The van der Waals surface area contributed by atoms with E-state index in [0.29, 0.717) is 22.5 Å². The van der Waals surface area contributed by atoms with Gasteiger partial charge in [-0.1, -0.05) is 6.92 Å². The van der Waals surface area contributed by atoms with Gasteiger partial charge in [0.05, 0.1) is 16.7 Å². The van der Waals surface area contributed by atoms with Gasteiger partial charge in [-0.25, -0.2) is 9.07 Å². The molecular weight excluding hydrogens is 327 g/mol. The predicted molar refractivity (Wildman–Crippen MR) is 74.0 cm³/mol. The van der Waals surface area contributed by atoms with Crippen LogP contribution in [-0.2, 0) is 13.1 Å². The van der Waals surface area contributed by atoms with E-state index in [1.54, 1.807) is 10.7 Å². The molecule has 0 bridgehead atoms. The molecule has 2 rings (SSSR count). The molecule has 0 saturated carbocycles. The van der Waals surface area contributed by atoms with Crippen molar-refractivity contribution in [1.29, 1.82) is 5.26 Å². The summed E-state index contributed by atoms with van der Waals surface area (Å²) in [5, 5.41) is 20.6. The molecule has 0 saturated heterocycles. The Balaban J connectivity index is 2.22. The molecule has 0 radical (unpaired) electrons. The van der Waals surface area contributed by atoms with Gasteiger partial charge in [0.25, 0.3) is 0 Å². The SMILES string of the molecule is CCCn1nnnc1CN(C#N)c1ccc(F)c(Br)c1. The van der Waals surface area contributed by atoms with E-state index in [2.05, 4.69) is 37.6 Å². The smallest absolute Gasteiger partial charge is 0.184 e. The summed E-state index contributed by atoms with van der Waals surface area (Å²) >= 11 is 3.10. The molecule has 0 unspecified atom stereocenters. The number of aryl methyl sites for hydroxylation is 1. The lowest BCUT2D eigenvalue weighted by Gasteiger charge is -2.15. The number of nitrogens with zero attached hydrogens (tertiary/aromatic N) is 6. The molecule has 0 aliphatic carbocycles. The van der Waals surface area contributed by atoms with E-state index in [1.807, 2.05) is 6.92 Å². The Labute approximate surface area is 123 Å². The van der Waals surface area contributed by atoms with E-state index < -0.39 is 0 Å². The van der Waals surface area contributed by atoms with Crippen molar-refractivity contribution in [3.63, 3.8) is 0 Å². The van der Waals surface area contributed by atoms with E-state index in [1.165, 1.54) is 17.0 Å². The molecule has 0 aliphatic heterocycles. The molecule has 0 aliphatic rings. The molecule has 0 spiro atoms. The first-order valence-electron chi connectivity index (χ1n) is 6.03. The second-order valence-corrected chi connectivity index (χ2v) is 4.96. The predicted octanol–water partition coefficient (Wildman–Crippen LogP) is 2.47. The zero-order valence-corrected chi connectivity index (χ0v) is 12.4. The molecule has 0 amide bonds. The van der Waals surface area contributed by atoms with Gasteiger partial charge in [0.15, 0.2) is 12.0 Å². The van der Waals surface area contributed by atoms with Gasteiger partial charge in [-0.05, 0) is 51.0 Å². The van der Waals surface area contributed by atoms with Crippen LogP contribution in [-0.4, -0.2) is 20.2 Å². The van der Waals surface area contributed by atoms with Crippen LogP contribution < -0.4 is 4.90 Å². The third-order valence-corrected chi connectivity index (χ3v) is 3.28. The van der Waals surface area contributed by atoms with Gasteiger partial charge in [0.2, 0.25) is 0 Å². The Morgan fingerprint density at radius 1 is 1.50 bits per heavy atom. The fourth-order valence-electron chi connectivity index (χ4n) is 1.70. The summed E-state index contributed by atoms with van der Waals surface area (Å²) in [6.07, 6.45) is 2.95. The lowest BCUT2D eigenvalue weighted by atomic mass is 10.3. The number of hydrogen-bond donors (Lipinski definition) is 0. The van der Waals surface area contributed by atoms with Crippen molar-refractivity contribution in [1.82, 2.24) is 20.2 Å². The van der Waals surface area contributed by atoms with Crippen molar-refractivity contribution in [3.05, 3.63) is 34.3 Å².